The van der Waals surface area contributed by atoms with Crippen LogP contribution < -0.4 is 10.6 Å². The van der Waals surface area contributed by atoms with Gasteiger partial charge < -0.3 is 24.8 Å². The standard InChI is InChI=1S/C24H26N4O10/c1-13(29)38-18-12-21(32)28(22(18)33)9-7-26-17-11-14(23(34)36-2)16(10-15(17)24(35)37-3)25-6-8-27-19(30)4-5-20(27)31/h4-5,10-11,18,25-26H,6-9,12H2,1-3H3. The number of benzene rings is 1. The summed E-state index contributed by atoms with van der Waals surface area (Å²) in [6, 6.07) is 2.68. The Hall–Kier alpha value is -4.75. The highest BCUT2D eigenvalue weighted by Gasteiger charge is 2.40. The van der Waals surface area contributed by atoms with Crippen molar-refractivity contribution >= 4 is 52.9 Å². The molecule has 1 atom stereocenters. The first-order valence-corrected chi connectivity index (χ1v) is 11.4. The molecule has 14 nitrogen and oxygen atoms in total. The maximum Gasteiger partial charge on any atom is 0.340 e. The Labute approximate surface area is 216 Å². The van der Waals surface area contributed by atoms with Crippen molar-refractivity contribution in [2.45, 2.75) is 19.4 Å². The van der Waals surface area contributed by atoms with E-state index in [-0.39, 0.29) is 55.1 Å². The molecule has 38 heavy (non-hydrogen) atoms. The van der Waals surface area contributed by atoms with Gasteiger partial charge in [0.05, 0.1) is 31.8 Å². The van der Waals surface area contributed by atoms with Gasteiger partial charge in [0.15, 0.2) is 6.10 Å². The van der Waals surface area contributed by atoms with Crippen molar-refractivity contribution in [3.05, 3.63) is 35.4 Å². The molecule has 0 aromatic heterocycles. The Bertz CT molecular complexity index is 1210. The number of hydrogen-bond donors (Lipinski definition) is 2. The molecule has 2 aliphatic heterocycles. The molecule has 0 radical (unpaired) electrons. The third kappa shape index (κ3) is 6.14. The summed E-state index contributed by atoms with van der Waals surface area (Å²) in [6.45, 7) is 1.10. The highest BCUT2D eigenvalue weighted by Crippen LogP contribution is 2.27. The Kier molecular flexibility index (Phi) is 8.78. The molecule has 14 heteroatoms. The maximum atomic E-state index is 12.5. The Morgan fingerprint density at radius 2 is 1.32 bits per heavy atom. The van der Waals surface area contributed by atoms with E-state index in [2.05, 4.69) is 10.6 Å². The normalized spacial score (nSPS) is 16.7. The topological polar surface area (TPSA) is 178 Å². The van der Waals surface area contributed by atoms with E-state index in [9.17, 15) is 33.6 Å². The van der Waals surface area contributed by atoms with Crippen LogP contribution in [0.3, 0.4) is 0 Å². The van der Waals surface area contributed by atoms with Crippen LogP contribution in [0.25, 0.3) is 0 Å². The van der Waals surface area contributed by atoms with Crippen molar-refractivity contribution in [2.75, 3.05) is 51.0 Å². The molecule has 1 aromatic rings. The second kappa shape index (κ2) is 12.0. The van der Waals surface area contributed by atoms with Gasteiger partial charge in [-0.2, -0.15) is 0 Å². The van der Waals surface area contributed by atoms with Crippen LogP contribution in [0.4, 0.5) is 11.4 Å². The van der Waals surface area contributed by atoms with Crippen LogP contribution >= 0.6 is 0 Å². The number of ether oxygens (including phenoxy) is 3. The van der Waals surface area contributed by atoms with Crippen molar-refractivity contribution in [2.24, 2.45) is 0 Å². The van der Waals surface area contributed by atoms with Crippen LogP contribution in [0, 0.1) is 0 Å². The van der Waals surface area contributed by atoms with Crippen LogP contribution in [0.2, 0.25) is 0 Å². The molecule has 0 spiro atoms. The molecule has 202 valence electrons. The summed E-state index contributed by atoms with van der Waals surface area (Å²) in [5, 5.41) is 5.84. The number of amides is 4. The zero-order chi connectivity index (χ0) is 28.0. The molecule has 2 aliphatic rings. The minimum Gasteiger partial charge on any atom is -0.465 e. The maximum absolute atomic E-state index is 12.5. The van der Waals surface area contributed by atoms with Gasteiger partial charge >= 0.3 is 17.9 Å². The molecule has 0 saturated carbocycles. The first kappa shape index (κ1) is 27.8. The van der Waals surface area contributed by atoms with Gasteiger partial charge in [0, 0.05) is 56.6 Å². The number of nitrogens with one attached hydrogen (secondary N) is 2. The fourth-order valence-corrected chi connectivity index (χ4v) is 3.89. The van der Waals surface area contributed by atoms with E-state index in [4.69, 9.17) is 14.2 Å². The zero-order valence-corrected chi connectivity index (χ0v) is 20.9. The van der Waals surface area contributed by atoms with Crippen LogP contribution in [0.1, 0.15) is 34.1 Å². The minimum atomic E-state index is -1.18. The Balaban J connectivity index is 1.77. The summed E-state index contributed by atoms with van der Waals surface area (Å²) in [5.41, 5.74) is 0.397. The van der Waals surface area contributed by atoms with Crippen molar-refractivity contribution in [3.8, 4) is 0 Å². The van der Waals surface area contributed by atoms with Crippen LogP contribution in [0.15, 0.2) is 24.3 Å². The number of likely N-dealkylation sites (tertiary alicyclic amines) is 1. The van der Waals surface area contributed by atoms with Crippen molar-refractivity contribution in [1.82, 2.24) is 9.80 Å². The van der Waals surface area contributed by atoms with Gasteiger partial charge in [0.25, 0.3) is 17.7 Å². The zero-order valence-electron chi connectivity index (χ0n) is 20.9. The second-order valence-electron chi connectivity index (χ2n) is 8.13. The van der Waals surface area contributed by atoms with E-state index in [1.54, 1.807) is 0 Å². The lowest BCUT2D eigenvalue weighted by Crippen LogP contribution is -2.37. The van der Waals surface area contributed by atoms with Gasteiger partial charge in [0.2, 0.25) is 5.91 Å². The van der Waals surface area contributed by atoms with Crippen molar-refractivity contribution in [3.63, 3.8) is 0 Å². The number of carbonyl (C=O) groups excluding carboxylic acids is 7. The minimum absolute atomic E-state index is 0.00503. The Morgan fingerprint density at radius 3 is 1.76 bits per heavy atom. The predicted octanol–water partition coefficient (Wildman–Crippen LogP) is -0.301. The third-order valence-electron chi connectivity index (χ3n) is 5.68. The number of methoxy groups -OCH3 is 2. The van der Waals surface area contributed by atoms with Gasteiger partial charge in [-0.25, -0.2) is 9.59 Å². The summed E-state index contributed by atoms with van der Waals surface area (Å²) >= 11 is 0. The lowest BCUT2D eigenvalue weighted by molar-refractivity contribution is -0.154. The first-order chi connectivity index (χ1) is 18.1. The number of esters is 3. The van der Waals surface area contributed by atoms with E-state index in [1.165, 1.54) is 26.4 Å². The third-order valence-corrected chi connectivity index (χ3v) is 5.68. The lowest BCUT2D eigenvalue weighted by Gasteiger charge is -2.20. The average Bonchev–Trinajstić information content (AvgIpc) is 3.34. The number of hydrogen-bond acceptors (Lipinski definition) is 12. The number of rotatable bonds is 11. The molecule has 2 heterocycles. The fourth-order valence-electron chi connectivity index (χ4n) is 3.89. The number of nitrogens with zero attached hydrogens (tertiary/aromatic N) is 2. The number of carbonyl (C=O) groups is 7. The van der Waals surface area contributed by atoms with Gasteiger partial charge in [-0.05, 0) is 12.1 Å². The molecule has 3 rings (SSSR count). The molecule has 0 bridgehead atoms. The van der Waals surface area contributed by atoms with Gasteiger partial charge in [-0.1, -0.05) is 0 Å². The van der Waals surface area contributed by atoms with Crippen molar-refractivity contribution in [1.29, 1.82) is 0 Å². The molecule has 1 aromatic carbocycles. The molecule has 0 aliphatic carbocycles. The van der Waals surface area contributed by atoms with E-state index < -0.39 is 47.6 Å². The summed E-state index contributed by atoms with van der Waals surface area (Å²) in [4.78, 5) is 86.2. The first-order valence-electron chi connectivity index (χ1n) is 11.4. The van der Waals surface area contributed by atoms with E-state index >= 15 is 0 Å². The molecule has 2 N–H and O–H groups in total. The Morgan fingerprint density at radius 1 is 0.842 bits per heavy atom. The SMILES string of the molecule is COC(=O)c1cc(NCCN2C(=O)CC(OC(C)=O)C2=O)c(C(=O)OC)cc1NCCN1C(=O)C=CC1=O. The number of imide groups is 2. The lowest BCUT2D eigenvalue weighted by atomic mass is 10.1. The molecule has 1 unspecified atom stereocenters. The second-order valence-corrected chi connectivity index (χ2v) is 8.13. The average molecular weight is 530 g/mol. The summed E-state index contributed by atoms with van der Waals surface area (Å²) in [5.74, 6) is -4.27. The molecule has 1 fully saturated rings. The summed E-state index contributed by atoms with van der Waals surface area (Å²) in [6.07, 6.45) is 0.864. The van der Waals surface area contributed by atoms with Crippen LogP contribution in [-0.4, -0.2) is 97.8 Å². The van der Waals surface area contributed by atoms with Gasteiger partial charge in [-0.3, -0.25) is 33.8 Å². The molecular weight excluding hydrogens is 504 g/mol. The van der Waals surface area contributed by atoms with E-state index in [0.29, 0.717) is 0 Å². The van der Waals surface area contributed by atoms with Crippen LogP contribution in [-0.2, 0) is 38.2 Å². The summed E-state index contributed by atoms with van der Waals surface area (Å²) < 4.78 is 14.5. The number of anilines is 2. The molecule has 4 amide bonds. The monoisotopic (exact) mass is 530 g/mol. The van der Waals surface area contributed by atoms with Crippen molar-refractivity contribution < 1.29 is 47.8 Å². The van der Waals surface area contributed by atoms with Gasteiger partial charge in [0.1, 0.15) is 0 Å². The van der Waals surface area contributed by atoms with E-state index in [1.807, 2.05) is 0 Å². The molecule has 1 saturated heterocycles. The largest absolute Gasteiger partial charge is 0.465 e. The highest BCUT2D eigenvalue weighted by atomic mass is 16.5. The smallest absolute Gasteiger partial charge is 0.340 e. The summed E-state index contributed by atoms with van der Waals surface area (Å²) in [7, 11) is 2.34. The predicted molar refractivity (Wildman–Crippen MR) is 129 cm³/mol. The molecular formula is C24H26N4O10. The highest BCUT2D eigenvalue weighted by molar-refractivity contribution is 6.13. The van der Waals surface area contributed by atoms with E-state index in [0.717, 1.165) is 28.9 Å². The van der Waals surface area contributed by atoms with Crippen LogP contribution in [0.5, 0.6) is 0 Å². The quantitative estimate of drug-likeness (QED) is 0.217. The van der Waals surface area contributed by atoms with Gasteiger partial charge in [-0.15, -0.1) is 0 Å². The fraction of sp³-hybridized carbons (Fsp3) is 0.375.